The predicted molar refractivity (Wildman–Crippen MR) is 135 cm³/mol. The van der Waals surface area contributed by atoms with Crippen LogP contribution in [0.15, 0.2) is 34.2 Å². The first-order valence-electron chi connectivity index (χ1n) is 11.3. The maximum Gasteiger partial charge on any atom is 0.318 e. The van der Waals surface area contributed by atoms with Gasteiger partial charge in [-0.15, -0.1) is 21.5 Å². The smallest absolute Gasteiger partial charge is 0.318 e. The summed E-state index contributed by atoms with van der Waals surface area (Å²) in [5.74, 6) is 1.04. The molecule has 35 heavy (non-hydrogen) atoms. The van der Waals surface area contributed by atoms with Gasteiger partial charge in [-0.1, -0.05) is 25.6 Å². The Kier molecular flexibility index (Phi) is 6.32. The van der Waals surface area contributed by atoms with Crippen molar-refractivity contribution in [2.24, 2.45) is 5.92 Å². The molecule has 4 aromatic rings. The summed E-state index contributed by atoms with van der Waals surface area (Å²) in [6, 6.07) is 7.26. The van der Waals surface area contributed by atoms with E-state index in [-0.39, 0.29) is 17.6 Å². The van der Waals surface area contributed by atoms with Crippen LogP contribution in [-0.2, 0) is 27.3 Å². The van der Waals surface area contributed by atoms with Crippen molar-refractivity contribution in [1.29, 1.82) is 0 Å². The highest BCUT2D eigenvalue weighted by Crippen LogP contribution is 2.38. The maximum absolute atomic E-state index is 14.0. The van der Waals surface area contributed by atoms with Crippen LogP contribution in [0.2, 0.25) is 0 Å². The normalized spacial score (nSPS) is 16.6. The summed E-state index contributed by atoms with van der Waals surface area (Å²) in [6.45, 7) is 6.47. The molecule has 11 heteroatoms. The number of carbonyl (C=O) groups is 1. The molecule has 0 fully saturated rings. The molecule has 1 aromatic carbocycles. The Hall–Kier alpha value is -2.89. The van der Waals surface area contributed by atoms with E-state index in [1.54, 1.807) is 30.7 Å². The summed E-state index contributed by atoms with van der Waals surface area (Å²) in [5, 5.41) is 9.43. The van der Waals surface area contributed by atoms with Gasteiger partial charge < -0.3 is 14.2 Å². The van der Waals surface area contributed by atoms with Crippen LogP contribution in [0.5, 0.6) is 5.75 Å². The van der Waals surface area contributed by atoms with Crippen LogP contribution in [0, 0.1) is 5.92 Å². The van der Waals surface area contributed by atoms with E-state index >= 15 is 0 Å². The molecule has 2 unspecified atom stereocenters. The van der Waals surface area contributed by atoms with E-state index in [1.165, 1.54) is 30.2 Å². The fourth-order valence-corrected chi connectivity index (χ4v) is 6.45. The molecule has 0 bridgehead atoms. The highest BCUT2D eigenvalue weighted by molar-refractivity contribution is 8.00. The van der Waals surface area contributed by atoms with E-state index in [0.717, 1.165) is 15.3 Å². The lowest BCUT2D eigenvalue weighted by atomic mass is 9.96. The van der Waals surface area contributed by atoms with Gasteiger partial charge in [0.25, 0.3) is 5.56 Å². The number of esters is 1. The van der Waals surface area contributed by atoms with E-state index in [2.05, 4.69) is 24.0 Å². The molecular weight excluding hydrogens is 488 g/mol. The molecule has 0 aliphatic carbocycles. The monoisotopic (exact) mass is 514 g/mol. The average Bonchev–Trinajstić information content (AvgIpc) is 3.45. The van der Waals surface area contributed by atoms with Gasteiger partial charge in [-0.3, -0.25) is 9.59 Å². The molecule has 184 valence electrons. The molecule has 0 spiro atoms. The lowest BCUT2D eigenvalue weighted by molar-refractivity contribution is -0.139. The van der Waals surface area contributed by atoms with Crippen LogP contribution in [0.25, 0.3) is 21.7 Å². The number of hydrogen-bond donors (Lipinski definition) is 0. The molecule has 0 N–H and O–H groups in total. The van der Waals surface area contributed by atoms with Crippen LogP contribution < -0.4 is 10.3 Å². The van der Waals surface area contributed by atoms with E-state index in [4.69, 9.17) is 14.2 Å². The standard InChI is InChI=1S/C24H26N4O5S2/c1-12(2)17-10-16-18(11-33-17)35-21-19(16)20(29)27(14-6-8-15(31-4)9-7-14)23-25-26-24(28(21)23)34-13(3)22(30)32-5/h6-9,12-13,17H,10-11H2,1-5H3. The summed E-state index contributed by atoms with van der Waals surface area (Å²) in [7, 11) is 2.96. The number of thioether (sulfide) groups is 1. The summed E-state index contributed by atoms with van der Waals surface area (Å²) in [5.41, 5.74) is 1.53. The minimum absolute atomic E-state index is 0.0407. The van der Waals surface area contributed by atoms with E-state index < -0.39 is 5.25 Å². The summed E-state index contributed by atoms with van der Waals surface area (Å²) < 4.78 is 19.7. The zero-order chi connectivity index (χ0) is 24.9. The molecule has 9 nitrogen and oxygen atoms in total. The number of nitrogens with zero attached hydrogens (tertiary/aromatic N) is 4. The number of rotatable bonds is 6. The van der Waals surface area contributed by atoms with Crippen LogP contribution in [0.3, 0.4) is 0 Å². The molecular formula is C24H26N4O5S2. The third-order valence-corrected chi connectivity index (χ3v) is 8.44. The van der Waals surface area contributed by atoms with Crippen molar-refractivity contribution in [3.05, 3.63) is 45.1 Å². The highest BCUT2D eigenvalue weighted by atomic mass is 32.2. The van der Waals surface area contributed by atoms with E-state index in [1.807, 2.05) is 16.5 Å². The van der Waals surface area contributed by atoms with Crippen molar-refractivity contribution in [1.82, 2.24) is 19.2 Å². The Balaban J connectivity index is 1.80. The van der Waals surface area contributed by atoms with Gasteiger partial charge in [-0.05, 0) is 42.7 Å². The predicted octanol–water partition coefficient (Wildman–Crippen LogP) is 3.85. The minimum atomic E-state index is -0.493. The molecule has 2 atom stereocenters. The molecule has 3 aromatic heterocycles. The van der Waals surface area contributed by atoms with Crippen LogP contribution in [0.4, 0.5) is 0 Å². The number of thiophene rings is 1. The highest BCUT2D eigenvalue weighted by Gasteiger charge is 2.30. The van der Waals surface area contributed by atoms with Crippen molar-refractivity contribution in [2.75, 3.05) is 14.2 Å². The average molecular weight is 515 g/mol. The second-order valence-corrected chi connectivity index (χ2v) is 11.1. The summed E-state index contributed by atoms with van der Waals surface area (Å²) in [6.07, 6.45) is 0.707. The van der Waals surface area contributed by atoms with E-state index in [0.29, 0.717) is 46.7 Å². The molecule has 1 aliphatic heterocycles. The maximum atomic E-state index is 14.0. The Morgan fingerprint density at radius 2 is 1.94 bits per heavy atom. The SMILES string of the molecule is COC(=O)C(C)Sc1nnc2n(-c3ccc(OC)cc3)c(=O)c3c4c(sc3n12)COC(C(C)C)C4. The first-order valence-corrected chi connectivity index (χ1v) is 13.0. The van der Waals surface area contributed by atoms with E-state index in [9.17, 15) is 9.59 Å². The third-order valence-electron chi connectivity index (χ3n) is 6.23. The molecule has 4 heterocycles. The Labute approximate surface area is 210 Å². The number of ether oxygens (including phenoxy) is 3. The van der Waals surface area contributed by atoms with Crippen molar-refractivity contribution in [3.63, 3.8) is 0 Å². The summed E-state index contributed by atoms with van der Waals surface area (Å²) >= 11 is 2.77. The van der Waals surface area contributed by atoms with Crippen molar-refractivity contribution in [2.45, 2.75) is 50.3 Å². The van der Waals surface area contributed by atoms with Crippen LogP contribution in [0.1, 0.15) is 31.2 Å². The van der Waals surface area contributed by atoms with Gasteiger partial charge in [0, 0.05) is 11.3 Å². The molecule has 1 aliphatic rings. The topological polar surface area (TPSA) is 97.0 Å². The molecule has 0 saturated heterocycles. The van der Waals surface area contributed by atoms with Gasteiger partial charge in [-0.2, -0.15) is 0 Å². The molecule has 0 amide bonds. The fourth-order valence-electron chi connectivity index (χ4n) is 4.28. The zero-order valence-electron chi connectivity index (χ0n) is 20.1. The van der Waals surface area contributed by atoms with Crippen molar-refractivity contribution >= 4 is 45.1 Å². The fraction of sp³-hybridized carbons (Fsp3) is 0.417. The number of carbonyl (C=O) groups excluding carboxylic acids is 1. The van der Waals surface area contributed by atoms with Crippen LogP contribution >= 0.6 is 23.1 Å². The number of aromatic nitrogens is 4. The van der Waals surface area contributed by atoms with Crippen molar-refractivity contribution in [3.8, 4) is 11.4 Å². The number of hydrogen-bond acceptors (Lipinski definition) is 9. The van der Waals surface area contributed by atoms with Gasteiger partial charge in [0.05, 0.1) is 38.0 Å². The quantitative estimate of drug-likeness (QED) is 0.283. The summed E-state index contributed by atoms with van der Waals surface area (Å²) in [4.78, 5) is 27.9. The second-order valence-electron chi connectivity index (χ2n) is 8.72. The van der Waals surface area contributed by atoms with Gasteiger partial charge in [0.1, 0.15) is 15.8 Å². The van der Waals surface area contributed by atoms with Gasteiger partial charge in [0.2, 0.25) is 5.78 Å². The first kappa shape index (κ1) is 23.8. The largest absolute Gasteiger partial charge is 0.497 e. The molecule has 0 radical (unpaired) electrons. The lowest BCUT2D eigenvalue weighted by Crippen LogP contribution is -2.28. The van der Waals surface area contributed by atoms with Crippen LogP contribution in [-0.4, -0.2) is 50.7 Å². The van der Waals surface area contributed by atoms with Gasteiger partial charge >= 0.3 is 5.97 Å². The Bertz CT molecular complexity index is 1470. The lowest BCUT2D eigenvalue weighted by Gasteiger charge is -2.26. The van der Waals surface area contributed by atoms with Crippen molar-refractivity contribution < 1.29 is 19.0 Å². The zero-order valence-corrected chi connectivity index (χ0v) is 21.7. The third kappa shape index (κ3) is 4.01. The molecule has 0 saturated carbocycles. The van der Waals surface area contributed by atoms with Gasteiger partial charge in [0.15, 0.2) is 5.16 Å². The number of benzene rings is 1. The molecule has 5 rings (SSSR count). The minimum Gasteiger partial charge on any atom is -0.497 e. The Morgan fingerprint density at radius 1 is 1.20 bits per heavy atom. The first-order chi connectivity index (χ1) is 16.8. The number of fused-ring (bicyclic) bond motifs is 5. The number of methoxy groups -OCH3 is 2. The Morgan fingerprint density at radius 3 is 2.60 bits per heavy atom. The van der Waals surface area contributed by atoms with Gasteiger partial charge in [-0.25, -0.2) is 8.97 Å². The second kappa shape index (κ2) is 9.29.